The molecule has 0 radical (unpaired) electrons. The molecule has 0 saturated carbocycles. The zero-order valence-electron chi connectivity index (χ0n) is 18.8. The van der Waals surface area contributed by atoms with Gasteiger partial charge in [-0.25, -0.2) is 4.68 Å². The molecule has 168 valence electrons. The van der Waals surface area contributed by atoms with Gasteiger partial charge in [0.05, 0.1) is 30.1 Å². The van der Waals surface area contributed by atoms with Gasteiger partial charge in [-0.05, 0) is 46.7 Å². The van der Waals surface area contributed by atoms with E-state index in [4.69, 9.17) is 9.84 Å². The van der Waals surface area contributed by atoms with E-state index in [1.54, 1.807) is 7.11 Å². The number of hydrogen-bond acceptors (Lipinski definition) is 3. The summed E-state index contributed by atoms with van der Waals surface area (Å²) in [5.74, 6) is -0.803. The van der Waals surface area contributed by atoms with Gasteiger partial charge in [-0.1, -0.05) is 72.8 Å². The summed E-state index contributed by atoms with van der Waals surface area (Å²) in [6.07, 6.45) is 0.288. The zero-order chi connectivity index (χ0) is 23.5. The molecule has 0 amide bonds. The van der Waals surface area contributed by atoms with Crippen LogP contribution in [0.4, 0.5) is 0 Å². The Balaban J connectivity index is 1.55. The number of aliphatic carboxylic acids is 1. The van der Waals surface area contributed by atoms with Crippen molar-refractivity contribution in [3.63, 3.8) is 0 Å². The Kier molecular flexibility index (Phi) is 5.83. The summed E-state index contributed by atoms with van der Waals surface area (Å²) >= 11 is 0. The fourth-order valence-corrected chi connectivity index (χ4v) is 4.25. The van der Waals surface area contributed by atoms with Crippen molar-refractivity contribution in [1.29, 1.82) is 0 Å². The summed E-state index contributed by atoms with van der Waals surface area (Å²) in [6, 6.07) is 33.5. The number of methoxy groups -OCH3 is 1. The van der Waals surface area contributed by atoms with Crippen LogP contribution in [-0.2, 0) is 11.2 Å². The molecule has 5 rings (SSSR count). The molecule has 0 aliphatic heterocycles. The second-order valence-electron chi connectivity index (χ2n) is 8.20. The van der Waals surface area contributed by atoms with Gasteiger partial charge in [-0.15, -0.1) is 0 Å². The van der Waals surface area contributed by atoms with Crippen LogP contribution in [0, 0.1) is 0 Å². The van der Waals surface area contributed by atoms with E-state index in [-0.39, 0.29) is 6.42 Å². The van der Waals surface area contributed by atoms with Gasteiger partial charge in [0.1, 0.15) is 5.75 Å². The van der Waals surface area contributed by atoms with Crippen LogP contribution < -0.4 is 4.74 Å². The van der Waals surface area contributed by atoms with E-state index >= 15 is 0 Å². The maximum Gasteiger partial charge on any atom is 0.311 e. The third-order valence-corrected chi connectivity index (χ3v) is 6.03. The highest BCUT2D eigenvalue weighted by molar-refractivity contribution is 5.85. The van der Waals surface area contributed by atoms with Crippen LogP contribution in [0.2, 0.25) is 0 Å². The highest BCUT2D eigenvalue weighted by Gasteiger charge is 2.23. The molecule has 5 aromatic rings. The van der Waals surface area contributed by atoms with Crippen molar-refractivity contribution >= 4 is 16.7 Å². The van der Waals surface area contributed by atoms with Gasteiger partial charge >= 0.3 is 5.97 Å². The molecule has 0 spiro atoms. The van der Waals surface area contributed by atoms with Gasteiger partial charge in [-0.3, -0.25) is 4.79 Å². The Hall–Kier alpha value is -4.38. The molecule has 5 nitrogen and oxygen atoms in total. The molecule has 1 N–H and O–H groups in total. The lowest BCUT2D eigenvalue weighted by Gasteiger charge is -2.12. The van der Waals surface area contributed by atoms with E-state index in [0.717, 1.165) is 44.7 Å². The van der Waals surface area contributed by atoms with Gasteiger partial charge in [0, 0.05) is 12.0 Å². The van der Waals surface area contributed by atoms with Crippen molar-refractivity contribution in [3.8, 4) is 22.7 Å². The van der Waals surface area contributed by atoms with Crippen LogP contribution in [0.3, 0.4) is 0 Å². The minimum absolute atomic E-state index is 0.288. The van der Waals surface area contributed by atoms with Gasteiger partial charge in [0.15, 0.2) is 0 Å². The first-order chi connectivity index (χ1) is 16.6. The van der Waals surface area contributed by atoms with Crippen LogP contribution in [0.5, 0.6) is 5.75 Å². The highest BCUT2D eigenvalue weighted by atomic mass is 16.5. The van der Waals surface area contributed by atoms with E-state index in [1.165, 1.54) is 0 Å². The first-order valence-electron chi connectivity index (χ1n) is 11.1. The fourth-order valence-electron chi connectivity index (χ4n) is 4.25. The lowest BCUT2D eigenvalue weighted by molar-refractivity contribution is -0.138. The Morgan fingerprint density at radius 2 is 1.59 bits per heavy atom. The molecule has 0 saturated heterocycles. The Labute approximate surface area is 197 Å². The maximum absolute atomic E-state index is 12.3. The molecule has 1 atom stereocenters. The summed E-state index contributed by atoms with van der Waals surface area (Å²) in [6.45, 7) is 0. The molecular weight excluding hydrogens is 424 g/mol. The minimum Gasteiger partial charge on any atom is -0.497 e. The van der Waals surface area contributed by atoms with E-state index < -0.39 is 11.9 Å². The van der Waals surface area contributed by atoms with Crippen molar-refractivity contribution in [2.45, 2.75) is 12.3 Å². The number of aromatic nitrogens is 2. The van der Waals surface area contributed by atoms with E-state index in [9.17, 15) is 9.90 Å². The van der Waals surface area contributed by atoms with Crippen LogP contribution in [0.1, 0.15) is 17.2 Å². The lowest BCUT2D eigenvalue weighted by atomic mass is 9.92. The zero-order valence-corrected chi connectivity index (χ0v) is 18.8. The van der Waals surface area contributed by atoms with E-state index in [2.05, 4.69) is 0 Å². The predicted octanol–water partition coefficient (Wildman–Crippen LogP) is 6.11. The number of hydrogen-bond donors (Lipinski definition) is 1. The number of carbonyl (C=O) groups is 1. The van der Waals surface area contributed by atoms with Gasteiger partial charge in [-0.2, -0.15) is 5.10 Å². The summed E-state index contributed by atoms with van der Waals surface area (Å²) < 4.78 is 7.15. The Morgan fingerprint density at radius 3 is 2.29 bits per heavy atom. The van der Waals surface area contributed by atoms with Crippen LogP contribution >= 0.6 is 0 Å². The summed E-state index contributed by atoms with van der Waals surface area (Å²) in [5, 5.41) is 17.0. The first-order valence-corrected chi connectivity index (χ1v) is 11.1. The second-order valence-corrected chi connectivity index (χ2v) is 8.20. The van der Waals surface area contributed by atoms with Gasteiger partial charge in [0.25, 0.3) is 0 Å². The molecule has 0 fully saturated rings. The van der Waals surface area contributed by atoms with Crippen molar-refractivity contribution in [3.05, 3.63) is 114 Å². The molecular formula is C29H24N2O3. The average molecular weight is 449 g/mol. The number of ether oxygens (including phenoxy) is 1. The smallest absolute Gasteiger partial charge is 0.311 e. The summed E-state index contributed by atoms with van der Waals surface area (Å²) in [4.78, 5) is 12.3. The normalized spacial score (nSPS) is 11.9. The van der Waals surface area contributed by atoms with Crippen molar-refractivity contribution in [2.24, 2.45) is 0 Å². The van der Waals surface area contributed by atoms with Crippen LogP contribution in [0.15, 0.2) is 103 Å². The molecule has 34 heavy (non-hydrogen) atoms. The number of carboxylic acids is 1. The summed E-state index contributed by atoms with van der Waals surface area (Å²) in [5.41, 5.74) is 4.28. The quantitative estimate of drug-likeness (QED) is 0.326. The third-order valence-electron chi connectivity index (χ3n) is 6.03. The molecule has 1 aromatic heterocycles. The number of benzene rings is 4. The third kappa shape index (κ3) is 4.28. The Morgan fingerprint density at radius 1 is 0.882 bits per heavy atom. The van der Waals surface area contributed by atoms with Gasteiger partial charge < -0.3 is 9.84 Å². The number of carboxylic acid groups (broad SMARTS) is 1. The van der Waals surface area contributed by atoms with Gasteiger partial charge in [0.2, 0.25) is 0 Å². The van der Waals surface area contributed by atoms with E-state index in [1.807, 2.05) is 108 Å². The molecule has 0 aliphatic carbocycles. The largest absolute Gasteiger partial charge is 0.497 e. The van der Waals surface area contributed by atoms with E-state index in [0.29, 0.717) is 0 Å². The fraction of sp³-hybridized carbons (Fsp3) is 0.103. The highest BCUT2D eigenvalue weighted by Crippen LogP contribution is 2.29. The molecule has 5 heteroatoms. The molecule has 1 heterocycles. The molecule has 0 bridgehead atoms. The monoisotopic (exact) mass is 448 g/mol. The average Bonchev–Trinajstić information content (AvgIpc) is 3.31. The maximum atomic E-state index is 12.3. The van der Waals surface area contributed by atoms with Crippen LogP contribution in [-0.4, -0.2) is 28.0 Å². The number of fused-ring (bicyclic) bond motifs is 1. The minimum atomic E-state index is -0.865. The first kappa shape index (κ1) is 21.5. The molecule has 0 aliphatic rings. The summed E-state index contributed by atoms with van der Waals surface area (Å²) in [7, 11) is 1.63. The number of rotatable bonds is 7. The number of nitrogens with zero attached hydrogens (tertiary/aromatic N) is 2. The predicted molar refractivity (Wildman–Crippen MR) is 134 cm³/mol. The topological polar surface area (TPSA) is 64.4 Å². The lowest BCUT2D eigenvalue weighted by Crippen LogP contribution is -2.15. The van der Waals surface area contributed by atoms with Crippen LogP contribution in [0.25, 0.3) is 27.7 Å². The molecule has 4 aromatic carbocycles. The van der Waals surface area contributed by atoms with Crippen molar-refractivity contribution < 1.29 is 14.6 Å². The van der Waals surface area contributed by atoms with Crippen molar-refractivity contribution in [1.82, 2.24) is 9.78 Å². The van der Waals surface area contributed by atoms with Crippen molar-refractivity contribution in [2.75, 3.05) is 7.11 Å². The SMILES string of the molecule is COc1ccc(-n2nc(CC(C(=O)O)c3ccc4ccccc4c3)cc2-c2ccccc2)cc1. The Bertz CT molecular complexity index is 1440. The second kappa shape index (κ2) is 9.24. The molecule has 1 unspecified atom stereocenters. The standard InChI is InChI=1S/C29H24N2O3/c1-34-26-15-13-25(14-16-26)31-28(21-8-3-2-4-9-21)19-24(30-31)18-27(29(32)33)23-12-11-20-7-5-6-10-22(20)17-23/h2-17,19,27H,18H2,1H3,(H,32,33).